The van der Waals surface area contributed by atoms with E-state index >= 15 is 0 Å². The van der Waals surface area contributed by atoms with Crippen LogP contribution < -0.4 is 0 Å². The summed E-state index contributed by atoms with van der Waals surface area (Å²) < 4.78 is 27.5. The molecule has 1 saturated heterocycles. The average Bonchev–Trinajstić information content (AvgIpc) is 3.14. The van der Waals surface area contributed by atoms with Gasteiger partial charge in [-0.05, 0) is 5.92 Å². The molecule has 136 valence electrons. The highest BCUT2D eigenvalue weighted by Gasteiger charge is 2.36. The van der Waals surface area contributed by atoms with Crippen LogP contribution in [0, 0.1) is 5.92 Å². The Morgan fingerprint density at radius 3 is 2.68 bits per heavy atom. The predicted octanol–water partition coefficient (Wildman–Crippen LogP) is 0.884. The number of hydrogen-bond acceptors (Lipinski definition) is 5. The average molecular weight is 365 g/mol. The van der Waals surface area contributed by atoms with E-state index in [0.29, 0.717) is 11.5 Å². The first-order chi connectivity index (χ1) is 11.7. The Balaban J connectivity index is 1.87. The van der Waals surface area contributed by atoms with Crippen LogP contribution in [-0.2, 0) is 23.4 Å². The lowest BCUT2D eigenvalue weighted by atomic mass is 10.1. The topological polar surface area (TPSA) is 90.1 Å². The summed E-state index contributed by atoms with van der Waals surface area (Å²) in [5.74, 6) is 0.130. The van der Waals surface area contributed by atoms with Crippen LogP contribution in [0.2, 0.25) is 0 Å². The van der Waals surface area contributed by atoms with Crippen LogP contribution in [0.5, 0.6) is 0 Å². The van der Waals surface area contributed by atoms with E-state index in [-0.39, 0.29) is 24.0 Å². The first-order valence-corrected chi connectivity index (χ1v) is 10.1. The lowest BCUT2D eigenvalue weighted by Crippen LogP contribution is -2.46. The molecular formula is C16H23N5O3S. The number of carbonyl (C=O) groups is 1. The highest BCUT2D eigenvalue weighted by molar-refractivity contribution is 7.91. The molecule has 1 aliphatic rings. The Hall–Kier alpha value is -2.16. The van der Waals surface area contributed by atoms with Crippen molar-refractivity contribution in [2.75, 3.05) is 18.1 Å². The quantitative estimate of drug-likeness (QED) is 0.802. The smallest absolute Gasteiger partial charge is 0.257 e. The lowest BCUT2D eigenvalue weighted by Gasteiger charge is -2.34. The minimum absolute atomic E-state index is 0.0182. The second-order valence-electron chi connectivity index (χ2n) is 6.92. The fraction of sp³-hybridized carbons (Fsp3) is 0.562. The van der Waals surface area contributed by atoms with Crippen molar-refractivity contribution in [1.29, 1.82) is 0 Å². The van der Waals surface area contributed by atoms with E-state index in [9.17, 15) is 13.2 Å². The second kappa shape index (κ2) is 6.62. The van der Waals surface area contributed by atoms with Crippen molar-refractivity contribution in [2.24, 2.45) is 13.0 Å². The fourth-order valence-corrected chi connectivity index (χ4v) is 4.55. The third-order valence-electron chi connectivity index (χ3n) is 4.23. The highest BCUT2D eigenvalue weighted by atomic mass is 32.2. The maximum Gasteiger partial charge on any atom is 0.257 e. The Kier molecular flexibility index (Phi) is 4.68. The van der Waals surface area contributed by atoms with Crippen molar-refractivity contribution in [1.82, 2.24) is 24.5 Å². The second-order valence-corrected chi connectivity index (χ2v) is 9.15. The summed E-state index contributed by atoms with van der Waals surface area (Å²) in [6.45, 7) is 5.07. The molecule has 2 aromatic heterocycles. The largest absolute Gasteiger partial charge is 0.329 e. The maximum absolute atomic E-state index is 13.0. The van der Waals surface area contributed by atoms with E-state index in [1.165, 1.54) is 0 Å². The lowest BCUT2D eigenvalue weighted by molar-refractivity contribution is 0.0697. The SMILES string of the molecule is CC(C)Cn1cc(C(=O)N2CCS(=O)(=O)CC2c2cnn(C)c2)cn1. The molecule has 3 rings (SSSR count). The van der Waals surface area contributed by atoms with E-state index < -0.39 is 15.9 Å². The summed E-state index contributed by atoms with van der Waals surface area (Å²) in [7, 11) is -1.42. The number of aromatic nitrogens is 4. The van der Waals surface area contributed by atoms with Gasteiger partial charge in [0.1, 0.15) is 0 Å². The Morgan fingerprint density at radius 2 is 2.04 bits per heavy atom. The first kappa shape index (κ1) is 17.7. The zero-order valence-electron chi connectivity index (χ0n) is 14.7. The number of amides is 1. The third kappa shape index (κ3) is 3.92. The number of aryl methyl sites for hydroxylation is 1. The van der Waals surface area contributed by atoms with Crippen molar-refractivity contribution in [2.45, 2.75) is 26.4 Å². The van der Waals surface area contributed by atoms with Gasteiger partial charge >= 0.3 is 0 Å². The van der Waals surface area contributed by atoms with Crippen LogP contribution in [0.25, 0.3) is 0 Å². The normalized spacial score (nSPS) is 20.2. The summed E-state index contributed by atoms with van der Waals surface area (Å²) >= 11 is 0. The molecule has 0 spiro atoms. The van der Waals surface area contributed by atoms with E-state index in [2.05, 4.69) is 24.0 Å². The van der Waals surface area contributed by atoms with Crippen molar-refractivity contribution in [3.63, 3.8) is 0 Å². The summed E-state index contributed by atoms with van der Waals surface area (Å²) in [6, 6.07) is -0.520. The summed E-state index contributed by atoms with van der Waals surface area (Å²) in [4.78, 5) is 14.6. The van der Waals surface area contributed by atoms with E-state index in [0.717, 1.165) is 12.1 Å². The number of carbonyl (C=O) groups excluding carboxylic acids is 1. The van der Waals surface area contributed by atoms with Gasteiger partial charge < -0.3 is 4.90 Å². The molecule has 8 nitrogen and oxygen atoms in total. The third-order valence-corrected chi connectivity index (χ3v) is 5.86. The van der Waals surface area contributed by atoms with Gasteiger partial charge in [0.15, 0.2) is 9.84 Å². The van der Waals surface area contributed by atoms with Crippen LogP contribution in [0.4, 0.5) is 0 Å². The minimum atomic E-state index is -3.18. The molecule has 9 heteroatoms. The van der Waals surface area contributed by atoms with E-state index in [1.54, 1.807) is 46.1 Å². The summed E-state index contributed by atoms with van der Waals surface area (Å²) in [5, 5.41) is 8.35. The first-order valence-electron chi connectivity index (χ1n) is 8.27. The Morgan fingerprint density at radius 1 is 1.28 bits per heavy atom. The van der Waals surface area contributed by atoms with E-state index in [4.69, 9.17) is 0 Å². The summed E-state index contributed by atoms with van der Waals surface area (Å²) in [5.41, 5.74) is 1.21. The zero-order chi connectivity index (χ0) is 18.2. The van der Waals surface area contributed by atoms with Gasteiger partial charge in [-0.2, -0.15) is 10.2 Å². The van der Waals surface area contributed by atoms with Gasteiger partial charge in [-0.15, -0.1) is 0 Å². The van der Waals surface area contributed by atoms with Gasteiger partial charge in [-0.25, -0.2) is 8.42 Å². The van der Waals surface area contributed by atoms with Crippen molar-refractivity contribution in [3.05, 3.63) is 35.9 Å². The molecule has 0 saturated carbocycles. The number of rotatable bonds is 4. The molecule has 0 bridgehead atoms. The van der Waals surface area contributed by atoms with Gasteiger partial charge in [0.25, 0.3) is 5.91 Å². The van der Waals surface area contributed by atoms with Gasteiger partial charge in [0, 0.05) is 38.1 Å². The molecule has 1 fully saturated rings. The molecule has 0 aliphatic carbocycles. The van der Waals surface area contributed by atoms with Crippen LogP contribution in [-0.4, -0.2) is 56.8 Å². The van der Waals surface area contributed by atoms with Crippen molar-refractivity contribution < 1.29 is 13.2 Å². The van der Waals surface area contributed by atoms with Crippen LogP contribution in [0.1, 0.15) is 35.8 Å². The minimum Gasteiger partial charge on any atom is -0.329 e. The molecule has 1 amide bonds. The fourth-order valence-electron chi connectivity index (χ4n) is 3.05. The molecule has 25 heavy (non-hydrogen) atoms. The number of sulfone groups is 1. The van der Waals surface area contributed by atoms with Gasteiger partial charge in [0.2, 0.25) is 0 Å². The zero-order valence-corrected chi connectivity index (χ0v) is 15.5. The molecule has 0 aromatic carbocycles. The number of nitrogens with zero attached hydrogens (tertiary/aromatic N) is 5. The van der Waals surface area contributed by atoms with Crippen LogP contribution in [0.3, 0.4) is 0 Å². The van der Waals surface area contributed by atoms with Gasteiger partial charge in [-0.1, -0.05) is 13.8 Å². The molecule has 1 unspecified atom stereocenters. The Labute approximate surface area is 147 Å². The number of hydrogen-bond donors (Lipinski definition) is 0. The molecule has 2 aromatic rings. The van der Waals surface area contributed by atoms with Crippen LogP contribution >= 0.6 is 0 Å². The highest BCUT2D eigenvalue weighted by Crippen LogP contribution is 2.28. The molecule has 1 aliphatic heterocycles. The monoisotopic (exact) mass is 365 g/mol. The van der Waals surface area contributed by atoms with Crippen molar-refractivity contribution >= 4 is 15.7 Å². The molecule has 1 atom stereocenters. The van der Waals surface area contributed by atoms with E-state index in [1.807, 2.05) is 0 Å². The van der Waals surface area contributed by atoms with Gasteiger partial charge in [-0.3, -0.25) is 14.2 Å². The molecule has 3 heterocycles. The standard InChI is InChI=1S/C16H23N5O3S/c1-12(2)8-20-10-14(7-18-20)16(22)21-4-5-25(23,24)11-15(21)13-6-17-19(3)9-13/h6-7,9-10,12,15H,4-5,8,11H2,1-3H3. The van der Waals surface area contributed by atoms with Crippen LogP contribution in [0.15, 0.2) is 24.8 Å². The van der Waals surface area contributed by atoms with Crippen molar-refractivity contribution in [3.8, 4) is 0 Å². The summed E-state index contributed by atoms with van der Waals surface area (Å²) in [6.07, 6.45) is 6.65. The maximum atomic E-state index is 13.0. The molecule has 0 radical (unpaired) electrons. The van der Waals surface area contributed by atoms with Gasteiger partial charge in [0.05, 0.1) is 35.5 Å². The Bertz CT molecular complexity index is 868. The molecular weight excluding hydrogens is 342 g/mol. The molecule has 0 N–H and O–H groups in total. The predicted molar refractivity (Wildman–Crippen MR) is 92.7 cm³/mol.